The molecular formula is C43H70O15. The molecule has 0 aromatic carbocycles. The molecule has 0 radical (unpaired) electrons. The molecule has 58 heavy (non-hydrogen) atoms. The van der Waals surface area contributed by atoms with Crippen LogP contribution in [0.2, 0.25) is 0 Å². The fourth-order valence-electron chi connectivity index (χ4n) is 15.2. The Morgan fingerprint density at radius 2 is 1.50 bits per heavy atom. The Bertz CT molecular complexity index is 1570. The predicted molar refractivity (Wildman–Crippen MR) is 203 cm³/mol. The van der Waals surface area contributed by atoms with Crippen molar-refractivity contribution in [3.05, 3.63) is 0 Å². The summed E-state index contributed by atoms with van der Waals surface area (Å²) in [6, 6.07) is 0. The van der Waals surface area contributed by atoms with Gasteiger partial charge in [-0.1, -0.05) is 27.7 Å². The summed E-state index contributed by atoms with van der Waals surface area (Å²) in [6.07, 6.45) is -7.63. The van der Waals surface area contributed by atoms with Crippen LogP contribution in [0.4, 0.5) is 0 Å². The summed E-state index contributed by atoms with van der Waals surface area (Å²) in [6.45, 7) is 15.0. The Balaban J connectivity index is 1.14. The van der Waals surface area contributed by atoms with Crippen LogP contribution in [0.3, 0.4) is 0 Å². The fourth-order valence-corrected chi connectivity index (χ4v) is 15.2. The molecule has 5 saturated carbocycles. The number of hydrogen-bond acceptors (Lipinski definition) is 15. The third-order valence-corrected chi connectivity index (χ3v) is 17.9. The number of rotatable bonds is 8. The van der Waals surface area contributed by atoms with E-state index in [-0.39, 0.29) is 52.1 Å². The Morgan fingerprint density at radius 1 is 0.793 bits per heavy atom. The van der Waals surface area contributed by atoms with Crippen molar-refractivity contribution in [2.75, 3.05) is 13.2 Å². The van der Waals surface area contributed by atoms with Gasteiger partial charge in [-0.25, -0.2) is 0 Å². The van der Waals surface area contributed by atoms with E-state index in [4.69, 9.17) is 28.4 Å². The van der Waals surface area contributed by atoms with Crippen LogP contribution in [-0.4, -0.2) is 151 Å². The number of fused-ring (bicyclic) bond motifs is 2. The predicted octanol–water partition coefficient (Wildman–Crippen LogP) is 1.29. The first kappa shape index (κ1) is 43.6. The highest BCUT2D eigenvalue weighted by Gasteiger charge is 2.85. The molecule has 3 aliphatic heterocycles. The number of carbonyl (C=O) groups is 1. The molecule has 0 aromatic heterocycles. The summed E-state index contributed by atoms with van der Waals surface area (Å²) in [5.41, 5.74) is -3.30. The lowest BCUT2D eigenvalue weighted by Crippen LogP contribution is -2.65. The van der Waals surface area contributed by atoms with Crippen molar-refractivity contribution in [1.29, 1.82) is 0 Å². The molecular weight excluding hydrogens is 756 g/mol. The van der Waals surface area contributed by atoms with E-state index < -0.39 is 103 Å². The van der Waals surface area contributed by atoms with Gasteiger partial charge in [-0.3, -0.25) is 4.79 Å². The molecule has 15 heteroatoms. The summed E-state index contributed by atoms with van der Waals surface area (Å²) in [5, 5.41) is 87.8. The molecule has 0 aromatic rings. The van der Waals surface area contributed by atoms with Gasteiger partial charge in [-0.2, -0.15) is 0 Å². The summed E-state index contributed by atoms with van der Waals surface area (Å²) in [5.74, 6) is -0.920. The lowest BCUT2D eigenvalue weighted by molar-refractivity contribution is -0.339. The lowest BCUT2D eigenvalue weighted by Gasteiger charge is -2.65. The average molecular weight is 827 g/mol. The van der Waals surface area contributed by atoms with Gasteiger partial charge in [-0.05, 0) is 117 Å². The first-order valence-electron chi connectivity index (χ1n) is 21.8. The molecule has 5 aliphatic carbocycles. The van der Waals surface area contributed by atoms with Crippen LogP contribution in [0.5, 0.6) is 0 Å². The molecule has 3 heterocycles. The van der Waals surface area contributed by atoms with Gasteiger partial charge in [0.15, 0.2) is 18.7 Å². The highest BCUT2D eigenvalue weighted by atomic mass is 16.7. The zero-order valence-corrected chi connectivity index (χ0v) is 35.5. The van der Waals surface area contributed by atoms with Crippen LogP contribution in [0.15, 0.2) is 0 Å². The third kappa shape index (κ3) is 6.17. The van der Waals surface area contributed by atoms with Gasteiger partial charge in [-0.15, -0.1) is 0 Å². The van der Waals surface area contributed by atoms with E-state index in [1.165, 1.54) is 6.92 Å². The number of carbonyl (C=O) groups excluding carboxylic acids is 1. The molecule has 8 rings (SSSR count). The van der Waals surface area contributed by atoms with Crippen LogP contribution in [0.25, 0.3) is 0 Å². The molecule has 1 unspecified atom stereocenters. The summed E-state index contributed by atoms with van der Waals surface area (Å²) >= 11 is 0. The molecule has 15 nitrogen and oxygen atoms in total. The molecule has 8 aliphatic rings. The van der Waals surface area contributed by atoms with E-state index in [9.17, 15) is 45.6 Å². The van der Waals surface area contributed by atoms with E-state index in [0.717, 1.165) is 32.1 Å². The Hall–Kier alpha value is -1.05. The SMILES string of the molecule is CC(=O)O[C@@H]1[C@@H](O)[C@H](O[C@H]2CC[C@]34C[C@]35CC[C@]3(C)[C@@H]([C@@]6(C)CC[C@@H](C(C)(C)O)O6)[C@@H](O)C[C@@]3(C)[C@@H]5C[C@H](O[C@@H]3O[C@H](CO)[C@@H](O)[C@H](O)C3O)[C@H]4C2(C)C)OC[C@H]1O. The minimum atomic E-state index is -1.62. The van der Waals surface area contributed by atoms with Crippen molar-refractivity contribution in [3.8, 4) is 0 Å². The number of esters is 1. The maximum absolute atomic E-state index is 12.2. The van der Waals surface area contributed by atoms with Crippen molar-refractivity contribution in [2.24, 2.45) is 44.8 Å². The minimum absolute atomic E-state index is 0.0855. The quantitative estimate of drug-likeness (QED) is 0.127. The number of aliphatic hydroxyl groups is 8. The molecule has 8 N–H and O–H groups in total. The second kappa shape index (κ2) is 14.2. The highest BCUT2D eigenvalue weighted by molar-refractivity contribution is 5.66. The smallest absolute Gasteiger partial charge is 0.303 e. The van der Waals surface area contributed by atoms with Crippen LogP contribution in [0.1, 0.15) is 113 Å². The largest absolute Gasteiger partial charge is 0.457 e. The van der Waals surface area contributed by atoms with E-state index in [1.807, 2.05) is 0 Å². The van der Waals surface area contributed by atoms with Gasteiger partial charge in [0, 0.05) is 12.8 Å². The first-order chi connectivity index (χ1) is 26.9. The van der Waals surface area contributed by atoms with Crippen LogP contribution in [-0.2, 0) is 33.2 Å². The zero-order chi connectivity index (χ0) is 42.3. The number of ether oxygens (including phenoxy) is 6. The van der Waals surface area contributed by atoms with Gasteiger partial charge < -0.3 is 69.3 Å². The third-order valence-electron chi connectivity index (χ3n) is 17.9. The van der Waals surface area contributed by atoms with Gasteiger partial charge in [0.05, 0.1) is 48.8 Å². The normalized spacial score (nSPS) is 56.1. The standard InChI is InChI=1S/C43H70O15/c1-20(45)54-32-22(47)18-53-35(31(32)51)57-26-10-12-43-19-42(43)14-13-39(6)33(41(8)11-9-27(58-41)38(4,5)52)21(46)16-40(39,7)25(42)15-23(34(43)37(26,2)3)55-36-30(50)29(49)28(48)24(17-44)56-36/h21-36,44,46-52H,9-19H2,1-8H3/t21-,22+,23-,24+,25-,26-,27-,28+,29-,30?,31+,32-,33-,34-,35-,36+,39+,40-,41+,42-,43+/m0/s1. The molecule has 0 amide bonds. The van der Waals surface area contributed by atoms with E-state index in [0.29, 0.717) is 25.7 Å². The van der Waals surface area contributed by atoms with Gasteiger partial charge in [0.2, 0.25) is 0 Å². The molecule has 8 fully saturated rings. The van der Waals surface area contributed by atoms with E-state index in [2.05, 4.69) is 34.6 Å². The minimum Gasteiger partial charge on any atom is -0.457 e. The topological polar surface area (TPSA) is 234 Å². The van der Waals surface area contributed by atoms with Crippen molar-refractivity contribution >= 4 is 5.97 Å². The first-order valence-corrected chi connectivity index (χ1v) is 21.8. The van der Waals surface area contributed by atoms with Crippen molar-refractivity contribution in [2.45, 2.75) is 204 Å². The number of hydrogen-bond donors (Lipinski definition) is 8. The Labute approximate surface area is 341 Å². The van der Waals surface area contributed by atoms with Crippen molar-refractivity contribution in [3.63, 3.8) is 0 Å². The van der Waals surface area contributed by atoms with E-state index >= 15 is 0 Å². The molecule has 0 bridgehead atoms. The zero-order valence-electron chi connectivity index (χ0n) is 35.5. The molecule has 21 atom stereocenters. The second-order valence-corrected chi connectivity index (χ2v) is 21.6. The fraction of sp³-hybridized carbons (Fsp3) is 0.977. The van der Waals surface area contributed by atoms with Crippen LogP contribution in [0, 0.1) is 44.8 Å². The highest BCUT2D eigenvalue weighted by Crippen LogP contribution is 2.89. The van der Waals surface area contributed by atoms with Crippen molar-refractivity contribution < 1.29 is 74.1 Å². The van der Waals surface area contributed by atoms with E-state index in [1.54, 1.807) is 13.8 Å². The maximum atomic E-state index is 12.2. The van der Waals surface area contributed by atoms with Gasteiger partial charge in [0.1, 0.15) is 36.6 Å². The van der Waals surface area contributed by atoms with Crippen LogP contribution < -0.4 is 0 Å². The van der Waals surface area contributed by atoms with Crippen LogP contribution >= 0.6 is 0 Å². The Kier molecular flexibility index (Phi) is 10.7. The molecule has 2 spiro atoms. The molecule has 332 valence electrons. The van der Waals surface area contributed by atoms with Gasteiger partial charge in [0.25, 0.3) is 0 Å². The monoisotopic (exact) mass is 826 g/mol. The number of aliphatic hydroxyl groups excluding tert-OH is 7. The second-order valence-electron chi connectivity index (χ2n) is 21.6. The summed E-state index contributed by atoms with van der Waals surface area (Å²) in [7, 11) is 0. The van der Waals surface area contributed by atoms with Gasteiger partial charge >= 0.3 is 5.97 Å². The van der Waals surface area contributed by atoms with Crippen molar-refractivity contribution in [1.82, 2.24) is 0 Å². The molecule has 3 saturated heterocycles. The lowest BCUT2D eigenvalue weighted by atomic mass is 9.41. The summed E-state index contributed by atoms with van der Waals surface area (Å²) < 4.78 is 37.4. The average Bonchev–Trinajstić information content (AvgIpc) is 3.49. The maximum Gasteiger partial charge on any atom is 0.303 e. The Morgan fingerprint density at radius 3 is 2.14 bits per heavy atom. The summed E-state index contributed by atoms with van der Waals surface area (Å²) in [4.78, 5) is 11.9.